The summed E-state index contributed by atoms with van der Waals surface area (Å²) in [6.07, 6.45) is 4.45. The minimum Gasteiger partial charge on any atom is -0.497 e. The van der Waals surface area contributed by atoms with Crippen LogP contribution in [-0.2, 0) is 11.3 Å². The van der Waals surface area contributed by atoms with E-state index in [4.69, 9.17) is 4.74 Å². The fourth-order valence-corrected chi connectivity index (χ4v) is 2.98. The van der Waals surface area contributed by atoms with E-state index in [9.17, 15) is 14.4 Å². The van der Waals surface area contributed by atoms with E-state index >= 15 is 0 Å². The highest BCUT2D eigenvalue weighted by Crippen LogP contribution is 2.17. The first-order valence-corrected chi connectivity index (χ1v) is 8.61. The van der Waals surface area contributed by atoms with Gasteiger partial charge in [0.15, 0.2) is 0 Å². The Hall–Kier alpha value is -4.19. The van der Waals surface area contributed by atoms with Gasteiger partial charge in [0, 0.05) is 18.0 Å². The Morgan fingerprint density at radius 2 is 2.10 bits per heavy atom. The SMILES string of the molecule is COc1ccc2ncn(C[C@@]3(C#Cc4cccnc4)NC(=O)NC3=O)c(=O)c2c1. The molecule has 9 heteroatoms. The fraction of sp³-hybridized carbons (Fsp3) is 0.150. The molecule has 3 amide bonds. The molecule has 0 bridgehead atoms. The Labute approximate surface area is 164 Å². The quantitative estimate of drug-likeness (QED) is 0.496. The number of methoxy groups -OCH3 is 1. The van der Waals surface area contributed by atoms with E-state index in [1.807, 2.05) is 0 Å². The van der Waals surface area contributed by atoms with Crippen molar-refractivity contribution >= 4 is 22.8 Å². The lowest BCUT2D eigenvalue weighted by Gasteiger charge is -2.20. The molecule has 3 aromatic rings. The van der Waals surface area contributed by atoms with Crippen molar-refractivity contribution in [2.45, 2.75) is 12.1 Å². The van der Waals surface area contributed by atoms with Crippen LogP contribution < -0.4 is 20.9 Å². The Balaban J connectivity index is 1.79. The molecule has 2 N–H and O–H groups in total. The van der Waals surface area contributed by atoms with Gasteiger partial charge < -0.3 is 10.1 Å². The second-order valence-electron chi connectivity index (χ2n) is 6.37. The van der Waals surface area contributed by atoms with Crippen molar-refractivity contribution < 1.29 is 14.3 Å². The largest absolute Gasteiger partial charge is 0.497 e. The maximum absolute atomic E-state index is 13.0. The topological polar surface area (TPSA) is 115 Å². The lowest BCUT2D eigenvalue weighted by Crippen LogP contribution is -2.50. The van der Waals surface area contributed by atoms with E-state index in [-0.39, 0.29) is 12.1 Å². The number of benzene rings is 1. The molecule has 2 aromatic heterocycles. The molecule has 3 heterocycles. The second-order valence-corrected chi connectivity index (χ2v) is 6.37. The number of hydrogen-bond acceptors (Lipinski definition) is 6. The van der Waals surface area contributed by atoms with Crippen molar-refractivity contribution in [3.8, 4) is 17.6 Å². The number of rotatable bonds is 3. The monoisotopic (exact) mass is 389 g/mol. The molecule has 0 saturated carbocycles. The molecule has 1 saturated heterocycles. The van der Waals surface area contributed by atoms with Crippen LogP contribution in [0.2, 0.25) is 0 Å². The van der Waals surface area contributed by atoms with Gasteiger partial charge >= 0.3 is 6.03 Å². The number of fused-ring (bicyclic) bond motifs is 1. The van der Waals surface area contributed by atoms with Gasteiger partial charge in [0.25, 0.3) is 11.5 Å². The molecule has 29 heavy (non-hydrogen) atoms. The van der Waals surface area contributed by atoms with Crippen LogP contribution in [0.3, 0.4) is 0 Å². The Morgan fingerprint density at radius 1 is 1.24 bits per heavy atom. The fourth-order valence-electron chi connectivity index (χ4n) is 2.98. The van der Waals surface area contributed by atoms with Gasteiger partial charge in [-0.3, -0.25) is 24.5 Å². The summed E-state index contributed by atoms with van der Waals surface area (Å²) in [6.45, 7) is -0.211. The van der Waals surface area contributed by atoms with Crippen molar-refractivity contribution in [2.75, 3.05) is 7.11 Å². The zero-order valence-electron chi connectivity index (χ0n) is 15.3. The predicted octanol–water partition coefficient (Wildman–Crippen LogP) is 0.430. The van der Waals surface area contributed by atoms with Crippen LogP contribution in [0, 0.1) is 11.8 Å². The summed E-state index contributed by atoms with van der Waals surface area (Å²) >= 11 is 0. The van der Waals surface area contributed by atoms with E-state index in [1.165, 1.54) is 24.2 Å². The van der Waals surface area contributed by atoms with Crippen LogP contribution in [-0.4, -0.2) is 39.1 Å². The predicted molar refractivity (Wildman–Crippen MR) is 103 cm³/mol. The number of hydrogen-bond donors (Lipinski definition) is 2. The molecular weight excluding hydrogens is 374 g/mol. The van der Waals surface area contributed by atoms with Crippen molar-refractivity contribution in [2.24, 2.45) is 0 Å². The summed E-state index contributed by atoms with van der Waals surface area (Å²) in [7, 11) is 1.50. The van der Waals surface area contributed by atoms with Crippen LogP contribution >= 0.6 is 0 Å². The molecule has 1 fully saturated rings. The number of nitrogens with one attached hydrogen (secondary N) is 2. The lowest BCUT2D eigenvalue weighted by molar-refractivity contribution is -0.122. The zero-order valence-corrected chi connectivity index (χ0v) is 15.3. The molecule has 9 nitrogen and oxygen atoms in total. The van der Waals surface area contributed by atoms with Gasteiger partial charge in [-0.15, -0.1) is 0 Å². The van der Waals surface area contributed by atoms with Crippen LogP contribution in [0.5, 0.6) is 5.75 Å². The Morgan fingerprint density at radius 3 is 2.79 bits per heavy atom. The van der Waals surface area contributed by atoms with Crippen LogP contribution in [0.25, 0.3) is 10.9 Å². The first kappa shape index (κ1) is 18.2. The summed E-state index contributed by atoms with van der Waals surface area (Å²) in [5, 5.41) is 5.03. The summed E-state index contributed by atoms with van der Waals surface area (Å²) < 4.78 is 6.40. The number of ether oxygens (including phenoxy) is 1. The molecule has 1 aliphatic heterocycles. The van der Waals surface area contributed by atoms with Crippen LogP contribution in [0.15, 0.2) is 53.8 Å². The first-order chi connectivity index (χ1) is 14.0. The van der Waals surface area contributed by atoms with Gasteiger partial charge in [0.1, 0.15) is 5.75 Å². The van der Waals surface area contributed by atoms with Crippen molar-refractivity contribution in [1.29, 1.82) is 0 Å². The number of urea groups is 1. The molecule has 0 spiro atoms. The Bertz CT molecular complexity index is 1240. The lowest BCUT2D eigenvalue weighted by atomic mass is 10.00. The highest BCUT2D eigenvalue weighted by molar-refractivity contribution is 6.09. The van der Waals surface area contributed by atoms with Crippen molar-refractivity contribution in [3.05, 3.63) is 65.0 Å². The van der Waals surface area contributed by atoms with E-state index in [2.05, 4.69) is 32.4 Å². The maximum atomic E-state index is 13.0. The minimum atomic E-state index is -1.62. The van der Waals surface area contributed by atoms with E-state index in [0.717, 1.165) is 0 Å². The summed E-state index contributed by atoms with van der Waals surface area (Å²) in [5.41, 5.74) is -0.951. The van der Waals surface area contributed by atoms with E-state index in [1.54, 1.807) is 36.5 Å². The third-order valence-corrected chi connectivity index (χ3v) is 4.46. The standard InChI is InChI=1S/C20H15N5O4/c1-29-14-4-5-16-15(9-14)17(26)25(12-22-16)11-20(18(27)23-19(28)24-20)7-6-13-3-2-8-21-10-13/h2-5,8-10,12H,11H2,1H3,(H2,23,24,27,28)/t20-/m1/s1. The third-order valence-electron chi connectivity index (χ3n) is 4.46. The van der Waals surface area contributed by atoms with Gasteiger partial charge in [-0.05, 0) is 30.3 Å². The van der Waals surface area contributed by atoms with E-state index in [0.29, 0.717) is 22.2 Å². The molecule has 4 rings (SSSR count). The summed E-state index contributed by atoms with van der Waals surface area (Å²) in [4.78, 5) is 45.5. The summed E-state index contributed by atoms with van der Waals surface area (Å²) in [5.74, 6) is 5.49. The van der Waals surface area contributed by atoms with Gasteiger partial charge in [-0.1, -0.05) is 11.8 Å². The number of carbonyl (C=O) groups excluding carboxylic acids is 2. The molecule has 0 radical (unpaired) electrons. The third kappa shape index (κ3) is 3.39. The number of nitrogens with zero attached hydrogens (tertiary/aromatic N) is 3. The molecule has 1 aliphatic rings. The molecule has 1 atom stereocenters. The smallest absolute Gasteiger partial charge is 0.323 e. The number of aromatic nitrogens is 3. The molecule has 0 unspecified atom stereocenters. The number of imide groups is 1. The molecular formula is C20H15N5O4. The zero-order chi connectivity index (χ0) is 20.4. The normalized spacial score (nSPS) is 18.0. The van der Waals surface area contributed by atoms with Crippen LogP contribution in [0.4, 0.5) is 4.79 Å². The summed E-state index contributed by atoms with van der Waals surface area (Å²) in [6, 6.07) is 7.68. The molecule has 144 valence electrons. The first-order valence-electron chi connectivity index (χ1n) is 8.61. The van der Waals surface area contributed by atoms with Gasteiger partial charge in [-0.2, -0.15) is 0 Å². The molecule has 0 aliphatic carbocycles. The maximum Gasteiger partial charge on any atom is 0.323 e. The van der Waals surface area contributed by atoms with Gasteiger partial charge in [0.2, 0.25) is 5.54 Å². The average molecular weight is 389 g/mol. The number of carbonyl (C=O) groups is 2. The second kappa shape index (κ2) is 7.09. The highest BCUT2D eigenvalue weighted by atomic mass is 16.5. The highest BCUT2D eigenvalue weighted by Gasteiger charge is 2.45. The number of amides is 3. The number of pyridine rings is 1. The average Bonchev–Trinajstić information content (AvgIpc) is 3.02. The van der Waals surface area contributed by atoms with Gasteiger partial charge in [0.05, 0.1) is 30.9 Å². The van der Waals surface area contributed by atoms with Crippen molar-refractivity contribution in [1.82, 2.24) is 25.2 Å². The minimum absolute atomic E-state index is 0.211. The van der Waals surface area contributed by atoms with Crippen LogP contribution in [0.1, 0.15) is 5.56 Å². The van der Waals surface area contributed by atoms with Crippen molar-refractivity contribution in [3.63, 3.8) is 0 Å². The van der Waals surface area contributed by atoms with E-state index < -0.39 is 17.5 Å². The Kier molecular flexibility index (Phi) is 4.44. The van der Waals surface area contributed by atoms with Gasteiger partial charge in [-0.25, -0.2) is 9.78 Å². The molecule has 1 aromatic carbocycles.